The third-order valence-corrected chi connectivity index (χ3v) is 1.91. The Bertz CT molecular complexity index is 401. The molecule has 0 spiro atoms. The second-order valence-corrected chi connectivity index (χ2v) is 2.92. The average molecular weight is 184 g/mol. The van der Waals surface area contributed by atoms with Crippen LogP contribution in [0.15, 0.2) is 67.1 Å². The number of rotatable bonds is 1. The molecule has 2 aromatic rings. The van der Waals surface area contributed by atoms with Crippen molar-refractivity contribution in [2.45, 2.75) is 0 Å². The van der Waals surface area contributed by atoms with Gasteiger partial charge >= 0.3 is 0 Å². The van der Waals surface area contributed by atoms with E-state index in [4.69, 9.17) is 0 Å². The van der Waals surface area contributed by atoms with Crippen LogP contribution in [0.5, 0.6) is 0 Å². The van der Waals surface area contributed by atoms with Gasteiger partial charge < -0.3 is 9.55 Å². The molecule has 0 atom stereocenters. The van der Waals surface area contributed by atoms with E-state index in [1.165, 1.54) is 0 Å². The first kappa shape index (κ1) is 8.63. The van der Waals surface area contributed by atoms with Gasteiger partial charge in [0.1, 0.15) is 5.82 Å². The molecule has 2 aromatic heterocycles. The monoisotopic (exact) mass is 184 g/mol. The minimum Gasteiger partial charge on any atom is -0.348 e. The molecule has 2 rings (SSSR count). The molecule has 0 radical (unpaired) electrons. The summed E-state index contributed by atoms with van der Waals surface area (Å²) in [5.74, 6) is 1.03. The summed E-state index contributed by atoms with van der Waals surface area (Å²) in [4.78, 5) is 3.20. The second-order valence-electron chi connectivity index (χ2n) is 2.92. The van der Waals surface area contributed by atoms with Crippen LogP contribution in [-0.4, -0.2) is 9.55 Å². The van der Waals surface area contributed by atoms with Crippen molar-refractivity contribution >= 4 is 0 Å². The molecule has 2 heteroatoms. The van der Waals surface area contributed by atoms with Crippen LogP contribution in [0.2, 0.25) is 0 Å². The van der Waals surface area contributed by atoms with E-state index in [0.29, 0.717) is 0 Å². The predicted molar refractivity (Wildman–Crippen MR) is 57.7 cm³/mol. The Morgan fingerprint density at radius 1 is 0.786 bits per heavy atom. The molecule has 0 bridgehead atoms. The number of aromatic nitrogens is 2. The van der Waals surface area contributed by atoms with Crippen molar-refractivity contribution in [3.05, 3.63) is 67.1 Å². The summed E-state index contributed by atoms with van der Waals surface area (Å²) in [5.41, 5.74) is 0. The van der Waals surface area contributed by atoms with Crippen molar-refractivity contribution < 1.29 is 0 Å². The maximum absolute atomic E-state index is 3.20. The van der Waals surface area contributed by atoms with Gasteiger partial charge in [-0.2, -0.15) is 0 Å². The van der Waals surface area contributed by atoms with E-state index in [9.17, 15) is 0 Å². The molecule has 0 saturated heterocycles. The lowest BCUT2D eigenvalue weighted by Gasteiger charge is -1.98. The van der Waals surface area contributed by atoms with Gasteiger partial charge in [0.25, 0.3) is 0 Å². The highest BCUT2D eigenvalue weighted by Crippen LogP contribution is 2.00. The molecule has 2 heterocycles. The van der Waals surface area contributed by atoms with Crippen molar-refractivity contribution in [1.29, 1.82) is 0 Å². The summed E-state index contributed by atoms with van der Waals surface area (Å²) in [5, 5.41) is 0. The number of hydrogen-bond donors (Lipinski definition) is 1. The maximum atomic E-state index is 3.20. The van der Waals surface area contributed by atoms with E-state index >= 15 is 0 Å². The summed E-state index contributed by atoms with van der Waals surface area (Å²) >= 11 is 0. The fraction of sp³-hybridized carbons (Fsp3) is 0. The van der Waals surface area contributed by atoms with Gasteiger partial charge in [-0.3, -0.25) is 0 Å². The standard InChI is InChI=1S/C12H12N2/c1-2-4-8-12(13-9-5-3-1)14-10-6-7-11-14/h1-11,13H. The molecule has 0 aliphatic carbocycles. The first-order valence-corrected chi connectivity index (χ1v) is 4.57. The van der Waals surface area contributed by atoms with Gasteiger partial charge in [0.15, 0.2) is 0 Å². The van der Waals surface area contributed by atoms with Gasteiger partial charge in [-0.1, -0.05) is 24.3 Å². The Balaban J connectivity index is 2.51. The molecule has 0 unspecified atom stereocenters. The minimum absolute atomic E-state index is 1.03. The van der Waals surface area contributed by atoms with Gasteiger partial charge in [-0.05, 0) is 24.3 Å². The summed E-state index contributed by atoms with van der Waals surface area (Å²) in [6.45, 7) is 0. The lowest BCUT2D eigenvalue weighted by molar-refractivity contribution is 1.01. The van der Waals surface area contributed by atoms with Crippen molar-refractivity contribution in [2.24, 2.45) is 0 Å². The van der Waals surface area contributed by atoms with Crippen molar-refractivity contribution in [3.8, 4) is 5.82 Å². The van der Waals surface area contributed by atoms with Crippen molar-refractivity contribution in [3.63, 3.8) is 0 Å². The van der Waals surface area contributed by atoms with Crippen LogP contribution in [0.3, 0.4) is 0 Å². The second kappa shape index (κ2) is 4.33. The first-order valence-electron chi connectivity index (χ1n) is 4.57. The number of nitrogens with zero attached hydrogens (tertiary/aromatic N) is 1. The molecule has 0 amide bonds. The van der Waals surface area contributed by atoms with E-state index < -0.39 is 0 Å². The third-order valence-electron chi connectivity index (χ3n) is 1.91. The molecular formula is C12H12N2. The Labute approximate surface area is 83.2 Å². The molecule has 0 aliphatic rings. The third kappa shape index (κ3) is 2.04. The molecule has 0 aromatic carbocycles. The number of nitrogens with one attached hydrogen (secondary N) is 1. The van der Waals surface area contributed by atoms with Crippen molar-refractivity contribution in [1.82, 2.24) is 9.55 Å². The quantitative estimate of drug-likeness (QED) is 0.703. The zero-order valence-corrected chi connectivity index (χ0v) is 7.80. The van der Waals surface area contributed by atoms with Crippen LogP contribution in [0.1, 0.15) is 0 Å². The van der Waals surface area contributed by atoms with Gasteiger partial charge in [-0.25, -0.2) is 0 Å². The summed E-state index contributed by atoms with van der Waals surface area (Å²) in [6, 6.07) is 16.0. The Hall–Kier alpha value is -1.96. The molecular weight excluding hydrogens is 172 g/mol. The highest BCUT2D eigenvalue weighted by atomic mass is 15.0. The largest absolute Gasteiger partial charge is 0.348 e. The summed E-state index contributed by atoms with van der Waals surface area (Å²) in [6.07, 6.45) is 5.92. The fourth-order valence-electron chi connectivity index (χ4n) is 1.23. The van der Waals surface area contributed by atoms with Crippen LogP contribution < -0.4 is 0 Å². The van der Waals surface area contributed by atoms with E-state index in [1.54, 1.807) is 0 Å². The Morgan fingerprint density at radius 2 is 1.50 bits per heavy atom. The molecule has 14 heavy (non-hydrogen) atoms. The van der Waals surface area contributed by atoms with Gasteiger partial charge in [0.2, 0.25) is 0 Å². The predicted octanol–water partition coefficient (Wildman–Crippen LogP) is 2.93. The minimum atomic E-state index is 1.03. The van der Waals surface area contributed by atoms with Gasteiger partial charge in [0.05, 0.1) is 0 Å². The van der Waals surface area contributed by atoms with Crippen molar-refractivity contribution in [2.75, 3.05) is 0 Å². The Kier molecular flexibility index (Phi) is 2.67. The van der Waals surface area contributed by atoms with E-state index in [2.05, 4.69) is 4.98 Å². The average Bonchev–Trinajstić information content (AvgIpc) is 2.75. The van der Waals surface area contributed by atoms with E-state index in [1.807, 2.05) is 71.7 Å². The molecule has 2 nitrogen and oxygen atoms in total. The normalized spacial score (nSPS) is 9.43. The topological polar surface area (TPSA) is 20.7 Å². The molecule has 0 saturated carbocycles. The molecule has 0 fully saturated rings. The summed E-state index contributed by atoms with van der Waals surface area (Å²) in [7, 11) is 0. The van der Waals surface area contributed by atoms with Gasteiger partial charge in [0, 0.05) is 18.6 Å². The fourth-order valence-corrected chi connectivity index (χ4v) is 1.23. The SMILES string of the molecule is c1ccc[nH]c(-n2cccc2)ccc1. The van der Waals surface area contributed by atoms with Gasteiger partial charge in [-0.15, -0.1) is 0 Å². The zero-order valence-electron chi connectivity index (χ0n) is 7.80. The van der Waals surface area contributed by atoms with Crippen LogP contribution in [0.4, 0.5) is 0 Å². The lowest BCUT2D eigenvalue weighted by Crippen LogP contribution is -1.89. The number of aromatic amines is 1. The maximum Gasteiger partial charge on any atom is 0.113 e. The Morgan fingerprint density at radius 3 is 2.36 bits per heavy atom. The van der Waals surface area contributed by atoms with Crippen LogP contribution in [-0.2, 0) is 0 Å². The van der Waals surface area contributed by atoms with Crippen LogP contribution in [0.25, 0.3) is 5.82 Å². The smallest absolute Gasteiger partial charge is 0.113 e. The summed E-state index contributed by atoms with van der Waals surface area (Å²) < 4.78 is 2.03. The number of hydrogen-bond acceptors (Lipinski definition) is 0. The van der Waals surface area contributed by atoms with Crippen LogP contribution in [0, 0.1) is 0 Å². The van der Waals surface area contributed by atoms with E-state index in [-0.39, 0.29) is 0 Å². The highest BCUT2D eigenvalue weighted by Gasteiger charge is 1.88. The molecule has 1 N–H and O–H groups in total. The highest BCUT2D eigenvalue weighted by molar-refractivity contribution is 5.21. The van der Waals surface area contributed by atoms with Crippen LogP contribution >= 0.6 is 0 Å². The first-order chi connectivity index (χ1) is 6.97. The zero-order chi connectivity index (χ0) is 9.64. The molecule has 70 valence electrons. The van der Waals surface area contributed by atoms with E-state index in [0.717, 1.165) is 5.82 Å². The molecule has 0 aliphatic heterocycles. The lowest BCUT2D eigenvalue weighted by atomic mass is 10.5. The number of H-pyrrole nitrogens is 1.